The highest BCUT2D eigenvalue weighted by molar-refractivity contribution is 5.94. The molecule has 2 aromatic heterocycles. The Morgan fingerprint density at radius 1 is 1.20 bits per heavy atom. The molecular weight excluding hydrogens is 256 g/mol. The van der Waals surface area contributed by atoms with E-state index in [1.165, 1.54) is 0 Å². The van der Waals surface area contributed by atoms with Crippen molar-refractivity contribution >= 4 is 22.9 Å². The number of rotatable bonds is 3. The molecule has 1 amide bonds. The zero-order valence-corrected chi connectivity index (χ0v) is 10.5. The molecule has 0 spiro atoms. The Morgan fingerprint density at radius 2 is 2.05 bits per heavy atom. The van der Waals surface area contributed by atoms with Gasteiger partial charge in [0, 0.05) is 6.20 Å². The Bertz CT molecular complexity index is 724. The van der Waals surface area contributed by atoms with E-state index < -0.39 is 6.09 Å². The van der Waals surface area contributed by atoms with Crippen molar-refractivity contribution in [3.05, 3.63) is 54.5 Å². The molecule has 0 aliphatic carbocycles. The van der Waals surface area contributed by atoms with E-state index in [1.54, 1.807) is 18.6 Å². The fourth-order valence-electron chi connectivity index (χ4n) is 1.81. The molecule has 100 valence electrons. The van der Waals surface area contributed by atoms with Crippen molar-refractivity contribution in [2.45, 2.75) is 6.61 Å². The standard InChI is InChI=1S/C14H12N4O2/c19-14(20-8-10-4-2-1-3-5-10)18-13-12-11(6-7-15-13)16-9-17-12/h1-7,9H,8H2,(H,16,17)(H,15,18,19). The Hall–Kier alpha value is -2.89. The number of pyridine rings is 1. The van der Waals surface area contributed by atoms with Crippen LogP contribution < -0.4 is 5.32 Å². The first-order valence-corrected chi connectivity index (χ1v) is 6.09. The van der Waals surface area contributed by atoms with Crippen LogP contribution in [0.3, 0.4) is 0 Å². The molecule has 3 rings (SSSR count). The van der Waals surface area contributed by atoms with Crippen LogP contribution in [0.25, 0.3) is 11.0 Å². The highest BCUT2D eigenvalue weighted by atomic mass is 16.5. The van der Waals surface area contributed by atoms with E-state index >= 15 is 0 Å². The average Bonchev–Trinajstić information content (AvgIpc) is 2.96. The molecule has 0 bridgehead atoms. The van der Waals surface area contributed by atoms with Gasteiger partial charge in [-0.05, 0) is 11.6 Å². The number of aromatic amines is 1. The van der Waals surface area contributed by atoms with E-state index in [-0.39, 0.29) is 6.61 Å². The topological polar surface area (TPSA) is 79.9 Å². The van der Waals surface area contributed by atoms with Crippen molar-refractivity contribution in [2.24, 2.45) is 0 Å². The molecule has 6 heteroatoms. The van der Waals surface area contributed by atoms with Gasteiger partial charge in [0.15, 0.2) is 5.82 Å². The zero-order chi connectivity index (χ0) is 13.8. The number of imidazole rings is 1. The second-order valence-corrected chi connectivity index (χ2v) is 4.14. The summed E-state index contributed by atoms with van der Waals surface area (Å²) in [5.74, 6) is 0.377. The van der Waals surface area contributed by atoms with Gasteiger partial charge in [0.1, 0.15) is 12.1 Å². The summed E-state index contributed by atoms with van der Waals surface area (Å²) in [7, 11) is 0. The second kappa shape index (κ2) is 5.40. The SMILES string of the molecule is O=C(Nc1nccc2[nH]cnc12)OCc1ccccc1. The van der Waals surface area contributed by atoms with Crippen molar-refractivity contribution in [1.82, 2.24) is 15.0 Å². The van der Waals surface area contributed by atoms with Gasteiger partial charge in [0.05, 0.1) is 11.8 Å². The molecule has 0 atom stereocenters. The summed E-state index contributed by atoms with van der Waals surface area (Å²) in [4.78, 5) is 22.9. The van der Waals surface area contributed by atoms with Crippen molar-refractivity contribution < 1.29 is 9.53 Å². The number of anilines is 1. The minimum Gasteiger partial charge on any atom is -0.444 e. The van der Waals surface area contributed by atoms with E-state index in [2.05, 4.69) is 20.3 Å². The van der Waals surface area contributed by atoms with Crippen molar-refractivity contribution in [3.8, 4) is 0 Å². The summed E-state index contributed by atoms with van der Waals surface area (Å²) in [5, 5.41) is 2.59. The first-order chi connectivity index (χ1) is 9.83. The molecule has 0 unspecified atom stereocenters. The van der Waals surface area contributed by atoms with Gasteiger partial charge in [0.25, 0.3) is 0 Å². The number of carbonyl (C=O) groups is 1. The summed E-state index contributed by atoms with van der Waals surface area (Å²) < 4.78 is 5.13. The van der Waals surface area contributed by atoms with E-state index in [4.69, 9.17) is 4.74 Å². The lowest BCUT2D eigenvalue weighted by Crippen LogP contribution is -2.14. The molecule has 3 aromatic rings. The molecule has 6 nitrogen and oxygen atoms in total. The van der Waals surface area contributed by atoms with Gasteiger partial charge >= 0.3 is 6.09 Å². The van der Waals surface area contributed by atoms with Gasteiger partial charge < -0.3 is 9.72 Å². The maximum atomic E-state index is 11.7. The highest BCUT2D eigenvalue weighted by Crippen LogP contribution is 2.16. The van der Waals surface area contributed by atoms with Crippen LogP contribution >= 0.6 is 0 Å². The van der Waals surface area contributed by atoms with Gasteiger partial charge in [-0.1, -0.05) is 30.3 Å². The summed E-state index contributed by atoms with van der Waals surface area (Å²) in [5.41, 5.74) is 2.33. The Morgan fingerprint density at radius 3 is 2.90 bits per heavy atom. The summed E-state index contributed by atoms with van der Waals surface area (Å²) in [6.45, 7) is 0.212. The minimum absolute atomic E-state index is 0.212. The third kappa shape index (κ3) is 2.59. The number of hydrogen-bond donors (Lipinski definition) is 2. The minimum atomic E-state index is -0.558. The summed E-state index contributed by atoms with van der Waals surface area (Å²) in [6, 6.07) is 11.2. The van der Waals surface area contributed by atoms with Crippen molar-refractivity contribution in [1.29, 1.82) is 0 Å². The number of amides is 1. The van der Waals surface area contributed by atoms with Gasteiger partial charge in [0.2, 0.25) is 0 Å². The first-order valence-electron chi connectivity index (χ1n) is 6.09. The molecule has 0 radical (unpaired) electrons. The van der Waals surface area contributed by atoms with Crippen LogP contribution in [0.15, 0.2) is 48.9 Å². The molecular formula is C14H12N4O2. The average molecular weight is 268 g/mol. The lowest BCUT2D eigenvalue weighted by atomic mass is 10.2. The van der Waals surface area contributed by atoms with E-state index in [0.29, 0.717) is 11.3 Å². The van der Waals surface area contributed by atoms with Crippen LogP contribution in [-0.4, -0.2) is 21.0 Å². The van der Waals surface area contributed by atoms with Crippen LogP contribution in [0.2, 0.25) is 0 Å². The number of benzene rings is 1. The first kappa shape index (κ1) is 12.2. The zero-order valence-electron chi connectivity index (χ0n) is 10.5. The number of carbonyl (C=O) groups excluding carboxylic acids is 1. The van der Waals surface area contributed by atoms with Crippen LogP contribution in [0.1, 0.15) is 5.56 Å². The molecule has 0 saturated heterocycles. The van der Waals surface area contributed by atoms with Crippen LogP contribution in [-0.2, 0) is 11.3 Å². The molecule has 20 heavy (non-hydrogen) atoms. The molecule has 2 heterocycles. The Labute approximate surface area is 114 Å². The quantitative estimate of drug-likeness (QED) is 0.765. The number of nitrogens with one attached hydrogen (secondary N) is 2. The number of aromatic nitrogens is 3. The molecule has 0 aliphatic heterocycles. The molecule has 1 aromatic carbocycles. The summed E-state index contributed by atoms with van der Waals surface area (Å²) >= 11 is 0. The fourth-order valence-corrected chi connectivity index (χ4v) is 1.81. The maximum Gasteiger partial charge on any atom is 0.413 e. The number of H-pyrrole nitrogens is 1. The predicted octanol–water partition coefficient (Wildman–Crippen LogP) is 2.71. The Kier molecular flexibility index (Phi) is 3.28. The Balaban J connectivity index is 1.66. The van der Waals surface area contributed by atoms with Crippen LogP contribution in [0.4, 0.5) is 10.6 Å². The monoisotopic (exact) mass is 268 g/mol. The molecule has 0 fully saturated rings. The normalized spacial score (nSPS) is 10.4. The predicted molar refractivity (Wildman–Crippen MR) is 74.1 cm³/mol. The second-order valence-electron chi connectivity index (χ2n) is 4.14. The lowest BCUT2D eigenvalue weighted by Gasteiger charge is -2.06. The van der Waals surface area contributed by atoms with Crippen molar-refractivity contribution in [2.75, 3.05) is 5.32 Å². The van der Waals surface area contributed by atoms with Gasteiger partial charge in [-0.2, -0.15) is 0 Å². The van der Waals surface area contributed by atoms with Crippen molar-refractivity contribution in [3.63, 3.8) is 0 Å². The van der Waals surface area contributed by atoms with Gasteiger partial charge in [-0.3, -0.25) is 5.32 Å². The highest BCUT2D eigenvalue weighted by Gasteiger charge is 2.09. The molecule has 0 aliphatic rings. The molecule has 2 N–H and O–H groups in total. The summed E-state index contributed by atoms with van der Waals surface area (Å²) in [6.07, 6.45) is 2.58. The van der Waals surface area contributed by atoms with E-state index in [9.17, 15) is 4.79 Å². The largest absolute Gasteiger partial charge is 0.444 e. The fraction of sp³-hybridized carbons (Fsp3) is 0.0714. The third-order valence-electron chi connectivity index (χ3n) is 2.77. The van der Waals surface area contributed by atoms with Gasteiger partial charge in [-0.25, -0.2) is 14.8 Å². The number of ether oxygens (including phenoxy) is 1. The van der Waals surface area contributed by atoms with Gasteiger partial charge in [-0.15, -0.1) is 0 Å². The molecule has 0 saturated carbocycles. The lowest BCUT2D eigenvalue weighted by molar-refractivity contribution is 0.155. The number of nitrogens with zero attached hydrogens (tertiary/aromatic N) is 2. The van der Waals surface area contributed by atoms with E-state index in [1.807, 2.05) is 30.3 Å². The smallest absolute Gasteiger partial charge is 0.413 e. The number of hydrogen-bond acceptors (Lipinski definition) is 4. The van der Waals surface area contributed by atoms with Crippen LogP contribution in [0, 0.1) is 0 Å². The van der Waals surface area contributed by atoms with Crippen LogP contribution in [0.5, 0.6) is 0 Å². The third-order valence-corrected chi connectivity index (χ3v) is 2.77. The maximum absolute atomic E-state index is 11.7. The number of fused-ring (bicyclic) bond motifs is 1. The van der Waals surface area contributed by atoms with E-state index in [0.717, 1.165) is 11.1 Å².